The fraction of sp³-hybridized carbons (Fsp3) is 0.438. The van der Waals surface area contributed by atoms with Crippen LogP contribution in [0.2, 0.25) is 0 Å². The van der Waals surface area contributed by atoms with Crippen LogP contribution < -0.4 is 0 Å². The minimum absolute atomic E-state index is 0.370. The van der Waals surface area contributed by atoms with Gasteiger partial charge in [0.1, 0.15) is 0 Å². The van der Waals surface area contributed by atoms with Crippen LogP contribution in [0.15, 0.2) is 49.1 Å². The van der Waals surface area contributed by atoms with Gasteiger partial charge in [0.25, 0.3) is 0 Å². The predicted octanol–water partition coefficient (Wildman–Crippen LogP) is 2.74. The van der Waals surface area contributed by atoms with Crippen LogP contribution in [-0.2, 0) is 5.60 Å². The number of fused-ring (bicyclic) bond motifs is 2. The molecule has 0 aromatic carbocycles. The van der Waals surface area contributed by atoms with E-state index in [0.717, 1.165) is 24.8 Å². The average Bonchev–Trinajstić information content (AvgIpc) is 3.14. The first kappa shape index (κ1) is 11.2. The molecule has 3 heteroatoms. The Labute approximate surface area is 112 Å². The van der Waals surface area contributed by atoms with Crippen molar-refractivity contribution in [3.63, 3.8) is 0 Å². The van der Waals surface area contributed by atoms with Crippen LogP contribution in [0.1, 0.15) is 30.9 Å². The molecule has 2 aromatic rings. The summed E-state index contributed by atoms with van der Waals surface area (Å²) >= 11 is 0. The van der Waals surface area contributed by atoms with E-state index >= 15 is 0 Å². The van der Waals surface area contributed by atoms with E-state index in [2.05, 4.69) is 34.1 Å². The number of aromatic nitrogens is 2. The maximum atomic E-state index is 11.0. The van der Waals surface area contributed by atoms with Crippen molar-refractivity contribution in [3.8, 4) is 0 Å². The second-order valence-electron chi connectivity index (χ2n) is 6.00. The maximum absolute atomic E-state index is 11.0. The Bertz CT molecular complexity index is 566. The van der Waals surface area contributed by atoms with Crippen LogP contribution in [0.4, 0.5) is 0 Å². The van der Waals surface area contributed by atoms with E-state index in [-0.39, 0.29) is 0 Å². The zero-order valence-corrected chi connectivity index (χ0v) is 10.8. The van der Waals surface area contributed by atoms with Crippen LogP contribution in [-0.4, -0.2) is 14.7 Å². The molecule has 2 fully saturated rings. The van der Waals surface area contributed by atoms with Crippen molar-refractivity contribution in [2.45, 2.75) is 30.9 Å². The summed E-state index contributed by atoms with van der Waals surface area (Å²) in [4.78, 5) is 4.16. The molecule has 0 aliphatic heterocycles. The molecule has 2 aliphatic carbocycles. The number of hydrogen-bond donors (Lipinski definition) is 1. The fourth-order valence-electron chi connectivity index (χ4n) is 4.18. The smallest absolute Gasteiger partial charge is 0.0943 e. The van der Waals surface area contributed by atoms with Gasteiger partial charge in [0.2, 0.25) is 0 Å². The van der Waals surface area contributed by atoms with Gasteiger partial charge in [0.15, 0.2) is 0 Å². The third-order valence-electron chi connectivity index (χ3n) is 5.08. The lowest BCUT2D eigenvalue weighted by atomic mass is 9.78. The molecule has 0 amide bonds. The quantitative estimate of drug-likeness (QED) is 0.895. The van der Waals surface area contributed by atoms with Gasteiger partial charge >= 0.3 is 0 Å². The summed E-state index contributed by atoms with van der Waals surface area (Å²) in [6.45, 7) is 0. The molecule has 4 atom stereocenters. The Morgan fingerprint density at radius 3 is 2.68 bits per heavy atom. The predicted molar refractivity (Wildman–Crippen MR) is 72.4 cm³/mol. The van der Waals surface area contributed by atoms with E-state index in [0.29, 0.717) is 17.9 Å². The van der Waals surface area contributed by atoms with Crippen molar-refractivity contribution in [1.82, 2.24) is 9.55 Å². The Balaban J connectivity index is 1.63. The molecule has 2 bridgehead atoms. The molecule has 98 valence electrons. The van der Waals surface area contributed by atoms with E-state index < -0.39 is 5.60 Å². The van der Waals surface area contributed by atoms with Crippen molar-refractivity contribution < 1.29 is 5.11 Å². The second-order valence-corrected chi connectivity index (χ2v) is 6.00. The SMILES string of the molecule is O[C@]1(c2cccnc2)C[C@H]2C[C@@H]1C[C@H]2n1cccc1. The van der Waals surface area contributed by atoms with Gasteiger partial charge in [-0.3, -0.25) is 4.98 Å². The minimum atomic E-state index is -0.650. The molecule has 2 aromatic heterocycles. The van der Waals surface area contributed by atoms with Crippen LogP contribution in [0.3, 0.4) is 0 Å². The minimum Gasteiger partial charge on any atom is -0.385 e. The van der Waals surface area contributed by atoms with E-state index in [1.165, 1.54) is 0 Å². The van der Waals surface area contributed by atoms with Crippen molar-refractivity contribution >= 4 is 0 Å². The van der Waals surface area contributed by atoms with Crippen LogP contribution >= 0.6 is 0 Å². The third kappa shape index (κ3) is 1.58. The summed E-state index contributed by atoms with van der Waals surface area (Å²) in [5, 5.41) is 11.0. The summed E-state index contributed by atoms with van der Waals surface area (Å²) in [5.74, 6) is 0.955. The monoisotopic (exact) mass is 254 g/mol. The number of pyridine rings is 1. The number of aliphatic hydroxyl groups is 1. The first-order valence-electron chi connectivity index (χ1n) is 7.03. The van der Waals surface area contributed by atoms with Crippen molar-refractivity contribution in [1.29, 1.82) is 0 Å². The van der Waals surface area contributed by atoms with Gasteiger partial charge in [-0.1, -0.05) is 6.07 Å². The Kier molecular flexibility index (Phi) is 2.33. The van der Waals surface area contributed by atoms with E-state index in [1.807, 2.05) is 18.3 Å². The van der Waals surface area contributed by atoms with Gasteiger partial charge in [-0.25, -0.2) is 0 Å². The average molecular weight is 254 g/mol. The van der Waals surface area contributed by atoms with Crippen molar-refractivity contribution in [2.24, 2.45) is 11.8 Å². The molecule has 0 saturated heterocycles. The fourth-order valence-corrected chi connectivity index (χ4v) is 4.18. The number of nitrogens with zero attached hydrogens (tertiary/aromatic N) is 2. The van der Waals surface area contributed by atoms with E-state index in [9.17, 15) is 5.11 Å². The Hall–Kier alpha value is -1.61. The van der Waals surface area contributed by atoms with Gasteiger partial charge < -0.3 is 9.67 Å². The lowest BCUT2D eigenvalue weighted by molar-refractivity contribution is -0.0280. The molecule has 3 nitrogen and oxygen atoms in total. The van der Waals surface area contributed by atoms with Gasteiger partial charge in [-0.05, 0) is 49.3 Å². The molecular weight excluding hydrogens is 236 g/mol. The summed E-state index contributed by atoms with van der Waals surface area (Å²) in [7, 11) is 0. The molecule has 2 aliphatic rings. The van der Waals surface area contributed by atoms with Crippen LogP contribution in [0.25, 0.3) is 0 Å². The molecule has 2 heterocycles. The zero-order valence-electron chi connectivity index (χ0n) is 10.8. The van der Waals surface area contributed by atoms with Gasteiger partial charge in [0, 0.05) is 36.4 Å². The second kappa shape index (κ2) is 3.94. The van der Waals surface area contributed by atoms with E-state index in [4.69, 9.17) is 0 Å². The Morgan fingerprint density at radius 2 is 2.05 bits per heavy atom. The van der Waals surface area contributed by atoms with Gasteiger partial charge in [-0.15, -0.1) is 0 Å². The summed E-state index contributed by atoms with van der Waals surface area (Å²) in [5.41, 5.74) is 0.344. The van der Waals surface area contributed by atoms with Crippen LogP contribution in [0.5, 0.6) is 0 Å². The van der Waals surface area contributed by atoms with E-state index in [1.54, 1.807) is 6.20 Å². The first-order chi connectivity index (χ1) is 9.27. The number of rotatable bonds is 2. The Morgan fingerprint density at radius 1 is 1.21 bits per heavy atom. The number of hydrogen-bond acceptors (Lipinski definition) is 2. The maximum Gasteiger partial charge on any atom is 0.0943 e. The molecule has 0 unspecified atom stereocenters. The van der Waals surface area contributed by atoms with Crippen molar-refractivity contribution in [2.75, 3.05) is 0 Å². The molecule has 1 N–H and O–H groups in total. The first-order valence-corrected chi connectivity index (χ1v) is 7.03. The molecule has 19 heavy (non-hydrogen) atoms. The normalized spacial score (nSPS) is 36.8. The third-order valence-corrected chi connectivity index (χ3v) is 5.08. The highest BCUT2D eigenvalue weighted by Gasteiger charge is 2.55. The topological polar surface area (TPSA) is 38.1 Å². The highest BCUT2D eigenvalue weighted by molar-refractivity contribution is 5.24. The van der Waals surface area contributed by atoms with Crippen LogP contribution in [0, 0.1) is 11.8 Å². The molecule has 4 rings (SSSR count). The van der Waals surface area contributed by atoms with Gasteiger partial charge in [0.05, 0.1) is 5.60 Å². The lowest BCUT2D eigenvalue weighted by Crippen LogP contribution is -2.35. The summed E-state index contributed by atoms with van der Waals surface area (Å²) in [6, 6.07) is 8.66. The lowest BCUT2D eigenvalue weighted by Gasteiger charge is -2.36. The molecule has 2 saturated carbocycles. The summed E-state index contributed by atoms with van der Waals surface area (Å²) in [6.07, 6.45) is 11.0. The molecule has 0 radical (unpaired) electrons. The standard InChI is InChI=1S/C16H18N2O/c19-16(13-4-3-5-17-11-13)10-12-8-14(16)9-15(12)18-6-1-2-7-18/h1-7,11-12,14-15,19H,8-10H2/t12-,14-,15-,16+/m1/s1. The van der Waals surface area contributed by atoms with Crippen molar-refractivity contribution in [3.05, 3.63) is 54.6 Å². The zero-order chi connectivity index (χ0) is 12.9. The molecular formula is C16H18N2O. The molecule has 0 spiro atoms. The van der Waals surface area contributed by atoms with Gasteiger partial charge in [-0.2, -0.15) is 0 Å². The highest BCUT2D eigenvalue weighted by atomic mass is 16.3. The largest absolute Gasteiger partial charge is 0.385 e. The summed E-state index contributed by atoms with van der Waals surface area (Å²) < 4.78 is 2.31. The highest BCUT2D eigenvalue weighted by Crippen LogP contribution is 2.59.